The van der Waals surface area contributed by atoms with Gasteiger partial charge in [-0.15, -0.1) is 0 Å². The van der Waals surface area contributed by atoms with Crippen molar-refractivity contribution in [2.45, 2.75) is 51.2 Å². The summed E-state index contributed by atoms with van der Waals surface area (Å²) < 4.78 is 6.00. The van der Waals surface area contributed by atoms with E-state index in [4.69, 9.17) is 4.74 Å². The SMILES string of the molecule is O=C(CCc1ccsc1)NCc1cccnc1OC1CCCC1. The third kappa shape index (κ3) is 4.79. The summed E-state index contributed by atoms with van der Waals surface area (Å²) in [5.74, 6) is 0.726. The van der Waals surface area contributed by atoms with Crippen LogP contribution in [-0.2, 0) is 17.8 Å². The molecule has 1 fully saturated rings. The second-order valence-electron chi connectivity index (χ2n) is 5.90. The number of carbonyl (C=O) groups excluding carboxylic acids is 1. The smallest absolute Gasteiger partial charge is 0.220 e. The largest absolute Gasteiger partial charge is 0.474 e. The van der Waals surface area contributed by atoms with Crippen LogP contribution in [-0.4, -0.2) is 17.0 Å². The lowest BCUT2D eigenvalue weighted by atomic mass is 10.2. The lowest BCUT2D eigenvalue weighted by Gasteiger charge is -2.15. The van der Waals surface area contributed by atoms with Crippen LogP contribution in [0.25, 0.3) is 0 Å². The van der Waals surface area contributed by atoms with Crippen molar-refractivity contribution in [3.63, 3.8) is 0 Å². The number of pyridine rings is 1. The first kappa shape index (κ1) is 16.0. The Morgan fingerprint density at radius 2 is 2.22 bits per heavy atom. The van der Waals surface area contributed by atoms with Crippen LogP contribution in [0.3, 0.4) is 0 Å². The molecular formula is C18H22N2O2S. The van der Waals surface area contributed by atoms with E-state index >= 15 is 0 Å². The van der Waals surface area contributed by atoms with Gasteiger partial charge in [0.15, 0.2) is 0 Å². The first-order valence-electron chi connectivity index (χ1n) is 8.19. The molecule has 3 rings (SSSR count). The third-order valence-corrected chi connectivity index (χ3v) is 4.86. The Kier molecular flexibility index (Phi) is 5.64. The van der Waals surface area contributed by atoms with E-state index in [1.807, 2.05) is 17.5 Å². The van der Waals surface area contributed by atoms with Crippen LogP contribution in [0, 0.1) is 0 Å². The van der Waals surface area contributed by atoms with E-state index in [1.54, 1.807) is 17.5 Å². The van der Waals surface area contributed by atoms with Crippen molar-refractivity contribution in [2.75, 3.05) is 0 Å². The molecule has 0 unspecified atom stereocenters. The fourth-order valence-electron chi connectivity index (χ4n) is 2.80. The summed E-state index contributed by atoms with van der Waals surface area (Å²) in [6.45, 7) is 0.471. The van der Waals surface area contributed by atoms with E-state index < -0.39 is 0 Å². The summed E-state index contributed by atoms with van der Waals surface area (Å²) >= 11 is 1.66. The number of nitrogens with zero attached hydrogens (tertiary/aromatic N) is 1. The van der Waals surface area contributed by atoms with Gasteiger partial charge in [-0.05, 0) is 60.6 Å². The number of nitrogens with one attached hydrogen (secondary N) is 1. The standard InChI is InChI=1S/C18H22N2O2S/c21-17(8-7-14-9-11-23-13-14)20-12-15-4-3-10-19-18(15)22-16-5-1-2-6-16/h3-4,9-11,13,16H,1-2,5-8,12H2,(H,20,21). The maximum atomic E-state index is 12.0. The maximum Gasteiger partial charge on any atom is 0.220 e. The minimum atomic E-state index is 0.0619. The van der Waals surface area contributed by atoms with Gasteiger partial charge in [0.25, 0.3) is 0 Å². The fraction of sp³-hybridized carbons (Fsp3) is 0.444. The van der Waals surface area contributed by atoms with Crippen LogP contribution in [0.5, 0.6) is 5.88 Å². The van der Waals surface area contributed by atoms with Crippen LogP contribution in [0.2, 0.25) is 0 Å². The highest BCUT2D eigenvalue weighted by Crippen LogP contribution is 2.24. The van der Waals surface area contributed by atoms with E-state index in [1.165, 1.54) is 18.4 Å². The molecule has 2 aromatic heterocycles. The molecule has 0 saturated heterocycles. The summed E-state index contributed by atoms with van der Waals surface area (Å²) in [5, 5.41) is 7.09. The molecule has 5 heteroatoms. The lowest BCUT2D eigenvalue weighted by Crippen LogP contribution is -2.24. The minimum absolute atomic E-state index is 0.0619. The van der Waals surface area contributed by atoms with Gasteiger partial charge in [0.05, 0.1) is 0 Å². The maximum absolute atomic E-state index is 12.0. The molecular weight excluding hydrogens is 308 g/mol. The van der Waals surface area contributed by atoms with Gasteiger partial charge in [0.1, 0.15) is 6.10 Å². The zero-order valence-electron chi connectivity index (χ0n) is 13.2. The average Bonchev–Trinajstić information content (AvgIpc) is 3.25. The summed E-state index contributed by atoms with van der Waals surface area (Å²) in [4.78, 5) is 16.3. The van der Waals surface area contributed by atoms with Crippen molar-refractivity contribution in [1.29, 1.82) is 0 Å². The molecule has 0 spiro atoms. The molecule has 122 valence electrons. The van der Waals surface area contributed by atoms with E-state index in [2.05, 4.69) is 21.7 Å². The summed E-state index contributed by atoms with van der Waals surface area (Å²) in [6, 6.07) is 5.91. The van der Waals surface area contributed by atoms with Crippen molar-refractivity contribution in [3.05, 3.63) is 46.3 Å². The minimum Gasteiger partial charge on any atom is -0.474 e. The number of carbonyl (C=O) groups is 1. The van der Waals surface area contributed by atoms with Crippen LogP contribution in [0.1, 0.15) is 43.2 Å². The molecule has 0 radical (unpaired) electrons. The Bertz CT molecular complexity index is 622. The van der Waals surface area contributed by atoms with Crippen molar-refractivity contribution < 1.29 is 9.53 Å². The number of hydrogen-bond donors (Lipinski definition) is 1. The number of hydrogen-bond acceptors (Lipinski definition) is 4. The first-order valence-corrected chi connectivity index (χ1v) is 9.14. The molecule has 1 aliphatic carbocycles. The Morgan fingerprint density at radius 3 is 3.00 bits per heavy atom. The summed E-state index contributed by atoms with van der Waals surface area (Å²) in [6.07, 6.45) is 7.97. The molecule has 0 atom stereocenters. The Hall–Kier alpha value is -1.88. The predicted octanol–water partition coefficient (Wildman–Crippen LogP) is 3.71. The van der Waals surface area contributed by atoms with Gasteiger partial charge in [0, 0.05) is 24.7 Å². The second-order valence-corrected chi connectivity index (χ2v) is 6.68. The van der Waals surface area contributed by atoms with Gasteiger partial charge >= 0.3 is 0 Å². The average molecular weight is 330 g/mol. The molecule has 1 amide bonds. The topological polar surface area (TPSA) is 51.2 Å². The summed E-state index contributed by atoms with van der Waals surface area (Å²) in [7, 11) is 0. The molecule has 0 aromatic carbocycles. The highest BCUT2D eigenvalue weighted by atomic mass is 32.1. The molecule has 0 aliphatic heterocycles. The van der Waals surface area contributed by atoms with E-state index in [0.717, 1.165) is 24.8 Å². The zero-order valence-corrected chi connectivity index (χ0v) is 14.0. The number of aryl methyl sites for hydroxylation is 1. The van der Waals surface area contributed by atoms with E-state index in [9.17, 15) is 4.79 Å². The number of rotatable bonds is 7. The number of amides is 1. The highest BCUT2D eigenvalue weighted by Gasteiger charge is 2.18. The molecule has 4 nitrogen and oxygen atoms in total. The lowest BCUT2D eigenvalue weighted by molar-refractivity contribution is -0.121. The second kappa shape index (κ2) is 8.11. The Balaban J connectivity index is 1.50. The quantitative estimate of drug-likeness (QED) is 0.842. The first-order chi connectivity index (χ1) is 11.3. The van der Waals surface area contributed by atoms with Crippen molar-refractivity contribution in [2.24, 2.45) is 0 Å². The van der Waals surface area contributed by atoms with Gasteiger partial charge < -0.3 is 10.1 Å². The molecule has 23 heavy (non-hydrogen) atoms. The predicted molar refractivity (Wildman–Crippen MR) is 91.6 cm³/mol. The zero-order chi connectivity index (χ0) is 15.9. The molecule has 1 saturated carbocycles. The molecule has 2 heterocycles. The van der Waals surface area contributed by atoms with Crippen LogP contribution in [0.4, 0.5) is 0 Å². The monoisotopic (exact) mass is 330 g/mol. The van der Waals surface area contributed by atoms with Gasteiger partial charge in [-0.25, -0.2) is 4.98 Å². The van der Waals surface area contributed by atoms with Gasteiger partial charge in [0.2, 0.25) is 11.8 Å². The van der Waals surface area contributed by atoms with Crippen molar-refractivity contribution in [3.8, 4) is 5.88 Å². The van der Waals surface area contributed by atoms with Gasteiger partial charge in [-0.2, -0.15) is 11.3 Å². The third-order valence-electron chi connectivity index (χ3n) is 4.13. The molecule has 1 aliphatic rings. The highest BCUT2D eigenvalue weighted by molar-refractivity contribution is 7.07. The Labute approximate surface area is 140 Å². The number of ether oxygens (including phenoxy) is 1. The van der Waals surface area contributed by atoms with Gasteiger partial charge in [-0.3, -0.25) is 4.79 Å². The van der Waals surface area contributed by atoms with Crippen LogP contribution in [0.15, 0.2) is 35.2 Å². The number of aromatic nitrogens is 1. The Morgan fingerprint density at radius 1 is 1.35 bits per heavy atom. The molecule has 0 bridgehead atoms. The van der Waals surface area contributed by atoms with E-state index in [-0.39, 0.29) is 12.0 Å². The summed E-state index contributed by atoms with van der Waals surface area (Å²) in [5.41, 5.74) is 2.17. The van der Waals surface area contributed by atoms with Gasteiger partial charge in [-0.1, -0.05) is 6.07 Å². The number of thiophene rings is 1. The van der Waals surface area contributed by atoms with Crippen molar-refractivity contribution in [1.82, 2.24) is 10.3 Å². The van der Waals surface area contributed by atoms with Crippen LogP contribution < -0.4 is 10.1 Å². The van der Waals surface area contributed by atoms with Crippen molar-refractivity contribution >= 4 is 17.2 Å². The van der Waals surface area contributed by atoms with Crippen LogP contribution >= 0.6 is 11.3 Å². The fourth-order valence-corrected chi connectivity index (χ4v) is 3.51. The molecule has 2 aromatic rings. The molecule has 1 N–H and O–H groups in total. The normalized spacial score (nSPS) is 14.8. The van der Waals surface area contributed by atoms with E-state index in [0.29, 0.717) is 18.8 Å².